The Hall–Kier alpha value is -1.24. The Kier molecular flexibility index (Phi) is 2.54. The van der Waals surface area contributed by atoms with Crippen LogP contribution in [-0.2, 0) is 0 Å². The summed E-state index contributed by atoms with van der Waals surface area (Å²) in [4.78, 5) is 0. The number of nitriles is 1. The minimum Gasteiger partial charge on any atom is -0.506 e. The first-order valence-electron chi connectivity index (χ1n) is 3.29. The third-order valence-electron chi connectivity index (χ3n) is 1.48. The number of hydrogen-bond acceptors (Lipinski definition) is 3. The number of phenolic OH excluding ortho intramolecular Hbond substituents is 1. The van der Waals surface area contributed by atoms with E-state index in [9.17, 15) is 0 Å². The molecule has 0 aromatic heterocycles. The molecule has 0 heterocycles. The van der Waals surface area contributed by atoms with Crippen molar-refractivity contribution in [1.82, 2.24) is 0 Å². The van der Waals surface area contributed by atoms with Gasteiger partial charge in [0.05, 0.1) is 11.1 Å². The van der Waals surface area contributed by atoms with Crippen LogP contribution in [0.1, 0.15) is 11.6 Å². The predicted octanol–water partition coefficient (Wildman–Crippen LogP) is 1.57. The van der Waals surface area contributed by atoms with Crippen LogP contribution in [0.2, 0.25) is 5.02 Å². The molecule has 0 aliphatic carbocycles. The highest BCUT2D eigenvalue weighted by molar-refractivity contribution is 6.32. The monoisotopic (exact) mass is 182 g/mol. The van der Waals surface area contributed by atoms with E-state index in [1.54, 1.807) is 12.1 Å². The first-order valence-corrected chi connectivity index (χ1v) is 3.67. The van der Waals surface area contributed by atoms with Gasteiger partial charge in [0.1, 0.15) is 11.8 Å². The molecule has 1 aromatic carbocycles. The van der Waals surface area contributed by atoms with Crippen LogP contribution in [0.15, 0.2) is 18.2 Å². The van der Waals surface area contributed by atoms with Crippen molar-refractivity contribution in [2.75, 3.05) is 0 Å². The van der Waals surface area contributed by atoms with E-state index in [1.165, 1.54) is 6.07 Å². The number of nitrogens with two attached hydrogens (primary N) is 1. The van der Waals surface area contributed by atoms with E-state index >= 15 is 0 Å². The highest BCUT2D eigenvalue weighted by Gasteiger charge is 2.10. The molecule has 4 heteroatoms. The molecule has 0 saturated heterocycles. The van der Waals surface area contributed by atoms with Gasteiger partial charge in [-0.3, -0.25) is 0 Å². The topological polar surface area (TPSA) is 70.0 Å². The zero-order chi connectivity index (χ0) is 9.14. The summed E-state index contributed by atoms with van der Waals surface area (Å²) in [5.74, 6) is -0.0557. The molecule has 0 aliphatic heterocycles. The standard InChI is InChI=1S/C8H7ClN2O/c9-8-5(6(11)4-10)2-1-3-7(8)12/h1-3,6,12H,11H2. The molecule has 0 saturated carbocycles. The third kappa shape index (κ3) is 1.50. The van der Waals surface area contributed by atoms with Gasteiger partial charge >= 0.3 is 0 Å². The maximum atomic E-state index is 9.15. The summed E-state index contributed by atoms with van der Waals surface area (Å²) >= 11 is 5.69. The lowest BCUT2D eigenvalue weighted by molar-refractivity contribution is 0.474. The molecule has 0 bridgehead atoms. The summed E-state index contributed by atoms with van der Waals surface area (Å²) in [6.45, 7) is 0. The van der Waals surface area contributed by atoms with Crippen molar-refractivity contribution >= 4 is 11.6 Å². The van der Waals surface area contributed by atoms with E-state index in [-0.39, 0.29) is 10.8 Å². The van der Waals surface area contributed by atoms with Gasteiger partial charge in [-0.1, -0.05) is 23.7 Å². The highest BCUT2D eigenvalue weighted by Crippen LogP contribution is 2.29. The summed E-state index contributed by atoms with van der Waals surface area (Å²) in [5.41, 5.74) is 5.85. The van der Waals surface area contributed by atoms with E-state index in [0.29, 0.717) is 5.56 Å². The average Bonchev–Trinajstić information content (AvgIpc) is 2.08. The first kappa shape index (κ1) is 8.85. The smallest absolute Gasteiger partial charge is 0.134 e. The Labute approximate surface area is 75.0 Å². The fourth-order valence-corrected chi connectivity index (χ4v) is 1.09. The van der Waals surface area contributed by atoms with Crippen molar-refractivity contribution in [2.24, 2.45) is 5.73 Å². The van der Waals surface area contributed by atoms with Gasteiger partial charge in [-0.05, 0) is 6.07 Å². The summed E-state index contributed by atoms with van der Waals surface area (Å²) in [6.07, 6.45) is 0. The fraction of sp³-hybridized carbons (Fsp3) is 0.125. The summed E-state index contributed by atoms with van der Waals surface area (Å²) < 4.78 is 0. The first-order chi connectivity index (χ1) is 5.66. The summed E-state index contributed by atoms with van der Waals surface area (Å²) in [7, 11) is 0. The van der Waals surface area contributed by atoms with Gasteiger partial charge in [0.2, 0.25) is 0 Å². The molecule has 1 atom stereocenters. The van der Waals surface area contributed by atoms with Gasteiger partial charge in [0.15, 0.2) is 0 Å². The van der Waals surface area contributed by atoms with Crippen LogP contribution in [0.25, 0.3) is 0 Å². The molecular weight excluding hydrogens is 176 g/mol. The molecule has 3 N–H and O–H groups in total. The molecule has 0 fully saturated rings. The summed E-state index contributed by atoms with van der Waals surface area (Å²) in [5, 5.41) is 17.8. The third-order valence-corrected chi connectivity index (χ3v) is 1.89. The maximum Gasteiger partial charge on any atom is 0.134 e. The molecule has 62 valence electrons. The number of aromatic hydroxyl groups is 1. The Morgan fingerprint density at radius 3 is 2.83 bits per heavy atom. The molecule has 0 radical (unpaired) electrons. The zero-order valence-electron chi connectivity index (χ0n) is 6.16. The Balaban J connectivity index is 3.18. The van der Waals surface area contributed by atoms with Crippen molar-refractivity contribution < 1.29 is 5.11 Å². The van der Waals surface area contributed by atoms with Crippen molar-refractivity contribution in [2.45, 2.75) is 6.04 Å². The van der Waals surface area contributed by atoms with Crippen LogP contribution in [0.5, 0.6) is 5.75 Å². The van der Waals surface area contributed by atoms with Crippen molar-refractivity contribution in [3.05, 3.63) is 28.8 Å². The second-order valence-corrected chi connectivity index (χ2v) is 2.67. The normalized spacial score (nSPS) is 12.1. The van der Waals surface area contributed by atoms with Gasteiger partial charge in [0.25, 0.3) is 0 Å². The fourth-order valence-electron chi connectivity index (χ4n) is 0.847. The molecule has 3 nitrogen and oxygen atoms in total. The highest BCUT2D eigenvalue weighted by atomic mass is 35.5. The van der Waals surface area contributed by atoms with Crippen LogP contribution < -0.4 is 5.73 Å². The van der Waals surface area contributed by atoms with E-state index in [4.69, 9.17) is 27.7 Å². The minimum absolute atomic E-state index is 0.0557. The number of halogens is 1. The lowest BCUT2D eigenvalue weighted by atomic mass is 10.1. The van der Waals surface area contributed by atoms with E-state index in [2.05, 4.69) is 0 Å². The SMILES string of the molecule is N#CC(N)c1cccc(O)c1Cl. The van der Waals surface area contributed by atoms with Crippen LogP contribution in [0.4, 0.5) is 0 Å². The van der Waals surface area contributed by atoms with Gasteiger partial charge in [0, 0.05) is 5.56 Å². The number of phenols is 1. The largest absolute Gasteiger partial charge is 0.506 e. The Bertz CT molecular complexity index is 332. The second kappa shape index (κ2) is 3.44. The van der Waals surface area contributed by atoms with Crippen molar-refractivity contribution in [3.8, 4) is 11.8 Å². The predicted molar refractivity (Wildman–Crippen MR) is 45.7 cm³/mol. The molecular formula is C8H7ClN2O. The second-order valence-electron chi connectivity index (χ2n) is 2.29. The van der Waals surface area contributed by atoms with E-state index in [0.717, 1.165) is 0 Å². The van der Waals surface area contributed by atoms with Gasteiger partial charge in [-0.15, -0.1) is 0 Å². The molecule has 0 spiro atoms. The van der Waals surface area contributed by atoms with Crippen LogP contribution >= 0.6 is 11.6 Å². The van der Waals surface area contributed by atoms with Crippen LogP contribution in [-0.4, -0.2) is 5.11 Å². The van der Waals surface area contributed by atoms with E-state index < -0.39 is 6.04 Å². The molecule has 1 aromatic rings. The number of hydrogen-bond donors (Lipinski definition) is 2. The van der Waals surface area contributed by atoms with Crippen LogP contribution in [0, 0.1) is 11.3 Å². The molecule has 1 rings (SSSR count). The lowest BCUT2D eigenvalue weighted by Crippen LogP contribution is -2.07. The average molecular weight is 183 g/mol. The lowest BCUT2D eigenvalue weighted by Gasteiger charge is -2.06. The van der Waals surface area contributed by atoms with Gasteiger partial charge in [-0.2, -0.15) is 5.26 Å². The molecule has 0 aliphatic rings. The molecule has 12 heavy (non-hydrogen) atoms. The molecule has 0 amide bonds. The minimum atomic E-state index is -0.787. The van der Waals surface area contributed by atoms with Gasteiger partial charge < -0.3 is 10.8 Å². The summed E-state index contributed by atoms with van der Waals surface area (Å²) in [6, 6.07) is 5.68. The quantitative estimate of drug-likeness (QED) is 0.693. The Morgan fingerprint density at radius 2 is 2.25 bits per heavy atom. The number of benzene rings is 1. The van der Waals surface area contributed by atoms with Gasteiger partial charge in [-0.25, -0.2) is 0 Å². The molecule has 1 unspecified atom stereocenters. The van der Waals surface area contributed by atoms with E-state index in [1.807, 2.05) is 6.07 Å². The number of rotatable bonds is 1. The number of nitrogens with zero attached hydrogens (tertiary/aromatic N) is 1. The Morgan fingerprint density at radius 1 is 1.58 bits per heavy atom. The maximum absolute atomic E-state index is 9.15. The zero-order valence-corrected chi connectivity index (χ0v) is 6.92. The van der Waals surface area contributed by atoms with Crippen molar-refractivity contribution in [1.29, 1.82) is 5.26 Å². The van der Waals surface area contributed by atoms with Crippen LogP contribution in [0.3, 0.4) is 0 Å². The van der Waals surface area contributed by atoms with Crippen molar-refractivity contribution in [3.63, 3.8) is 0 Å².